The molecule has 0 saturated heterocycles. The highest BCUT2D eigenvalue weighted by Gasteiger charge is 1.99. The van der Waals surface area contributed by atoms with Crippen molar-refractivity contribution in [2.75, 3.05) is 32.9 Å². The molecule has 0 unspecified atom stereocenters. The smallest absolute Gasteiger partial charge is 0.234 e. The van der Waals surface area contributed by atoms with Crippen LogP contribution in [-0.2, 0) is 4.79 Å². The summed E-state index contributed by atoms with van der Waals surface area (Å²) in [6.45, 7) is 1.10. The molecule has 0 aromatic heterocycles. The molecule has 1 amide bonds. The summed E-state index contributed by atoms with van der Waals surface area (Å²) in [7, 11) is 3.72. The first-order valence-electron chi connectivity index (χ1n) is 3.19. The van der Waals surface area contributed by atoms with Crippen LogP contribution in [0.3, 0.4) is 0 Å². The Morgan fingerprint density at radius 1 is 1.60 bits per heavy atom. The number of thiol groups is 1. The summed E-state index contributed by atoms with van der Waals surface area (Å²) in [5.74, 6) is 0.748. The van der Waals surface area contributed by atoms with Crippen molar-refractivity contribution in [2.45, 2.75) is 0 Å². The van der Waals surface area contributed by atoms with Gasteiger partial charge in [0.1, 0.15) is 0 Å². The maximum absolute atomic E-state index is 10.8. The monoisotopic (exact) mass is 162 g/mol. The third kappa shape index (κ3) is 5.91. The summed E-state index contributed by atoms with van der Waals surface area (Å²) in [5.41, 5.74) is 0. The molecule has 0 aliphatic heterocycles. The van der Waals surface area contributed by atoms with Crippen LogP contribution < -0.4 is 5.32 Å². The van der Waals surface area contributed by atoms with E-state index < -0.39 is 0 Å². The Kier molecular flexibility index (Phi) is 5.43. The summed E-state index contributed by atoms with van der Waals surface area (Å²) in [6.07, 6.45) is 0. The molecule has 0 rings (SSSR count). The van der Waals surface area contributed by atoms with Gasteiger partial charge in [-0.1, -0.05) is 0 Å². The number of carbonyl (C=O) groups excluding carboxylic acids is 1. The SMILES string of the molecule is CN(C)CC(=O)NCCS. The largest absolute Gasteiger partial charge is 0.354 e. The van der Waals surface area contributed by atoms with Crippen molar-refractivity contribution in [3.63, 3.8) is 0 Å². The van der Waals surface area contributed by atoms with Gasteiger partial charge >= 0.3 is 0 Å². The first kappa shape index (κ1) is 9.78. The molecule has 0 spiro atoms. The molecule has 0 aromatic rings. The average Bonchev–Trinajstić information content (AvgIpc) is 1.82. The Labute approximate surface area is 67.2 Å². The Morgan fingerprint density at radius 3 is 2.60 bits per heavy atom. The Bertz CT molecular complexity index is 106. The van der Waals surface area contributed by atoms with Crippen molar-refractivity contribution in [1.82, 2.24) is 10.2 Å². The van der Waals surface area contributed by atoms with Gasteiger partial charge < -0.3 is 10.2 Å². The second kappa shape index (κ2) is 5.56. The minimum absolute atomic E-state index is 0.0547. The van der Waals surface area contributed by atoms with Gasteiger partial charge in [-0.15, -0.1) is 0 Å². The van der Waals surface area contributed by atoms with E-state index in [-0.39, 0.29) is 5.91 Å². The van der Waals surface area contributed by atoms with Crippen LogP contribution in [0.25, 0.3) is 0 Å². The van der Waals surface area contributed by atoms with Gasteiger partial charge in [0, 0.05) is 12.3 Å². The number of likely N-dealkylation sites (N-methyl/N-ethyl adjacent to an activating group) is 1. The third-order valence-corrected chi connectivity index (χ3v) is 1.12. The standard InChI is InChI=1S/C6H14N2OS/c1-8(2)5-6(9)7-3-4-10/h10H,3-5H2,1-2H3,(H,7,9). The maximum atomic E-state index is 10.8. The van der Waals surface area contributed by atoms with Gasteiger partial charge in [0.25, 0.3) is 0 Å². The molecule has 0 bridgehead atoms. The molecular formula is C6H14N2OS. The van der Waals surface area contributed by atoms with E-state index in [2.05, 4.69) is 17.9 Å². The summed E-state index contributed by atoms with van der Waals surface area (Å²) in [6, 6.07) is 0. The Hall–Kier alpha value is -0.220. The van der Waals surface area contributed by atoms with Gasteiger partial charge in [0.05, 0.1) is 6.54 Å². The number of amides is 1. The first-order chi connectivity index (χ1) is 4.66. The van der Waals surface area contributed by atoms with Crippen molar-refractivity contribution >= 4 is 18.5 Å². The summed E-state index contributed by atoms with van der Waals surface area (Å²) in [4.78, 5) is 12.7. The van der Waals surface area contributed by atoms with E-state index in [0.717, 1.165) is 0 Å². The van der Waals surface area contributed by atoms with E-state index in [1.165, 1.54) is 0 Å². The number of carbonyl (C=O) groups is 1. The van der Waals surface area contributed by atoms with Crippen LogP contribution in [0.15, 0.2) is 0 Å². The van der Waals surface area contributed by atoms with E-state index >= 15 is 0 Å². The molecule has 3 nitrogen and oxygen atoms in total. The molecule has 0 atom stereocenters. The highest BCUT2D eigenvalue weighted by atomic mass is 32.1. The van der Waals surface area contributed by atoms with Crippen LogP contribution in [0.5, 0.6) is 0 Å². The number of hydrogen-bond acceptors (Lipinski definition) is 3. The second-order valence-corrected chi connectivity index (χ2v) is 2.76. The number of rotatable bonds is 4. The molecule has 0 heterocycles. The van der Waals surface area contributed by atoms with Crippen molar-refractivity contribution in [1.29, 1.82) is 0 Å². The summed E-state index contributed by atoms with van der Waals surface area (Å²) < 4.78 is 0. The highest BCUT2D eigenvalue weighted by molar-refractivity contribution is 7.80. The zero-order valence-corrected chi connectivity index (χ0v) is 7.32. The molecule has 10 heavy (non-hydrogen) atoms. The molecule has 0 radical (unpaired) electrons. The highest BCUT2D eigenvalue weighted by Crippen LogP contribution is 1.74. The molecular weight excluding hydrogens is 148 g/mol. The fraction of sp³-hybridized carbons (Fsp3) is 0.833. The first-order valence-corrected chi connectivity index (χ1v) is 3.82. The predicted molar refractivity (Wildman–Crippen MR) is 45.4 cm³/mol. The normalized spacial score (nSPS) is 10.0. The van der Waals surface area contributed by atoms with E-state index in [0.29, 0.717) is 18.8 Å². The van der Waals surface area contributed by atoms with E-state index in [9.17, 15) is 4.79 Å². The number of hydrogen-bond donors (Lipinski definition) is 2. The van der Waals surface area contributed by atoms with Crippen LogP contribution in [-0.4, -0.2) is 43.7 Å². The lowest BCUT2D eigenvalue weighted by molar-refractivity contribution is -0.121. The Morgan fingerprint density at radius 2 is 2.20 bits per heavy atom. The average molecular weight is 162 g/mol. The van der Waals surface area contributed by atoms with Crippen molar-refractivity contribution in [3.8, 4) is 0 Å². The van der Waals surface area contributed by atoms with Crippen LogP contribution in [0.2, 0.25) is 0 Å². The molecule has 0 fully saturated rings. The third-order valence-electron chi connectivity index (χ3n) is 0.894. The van der Waals surface area contributed by atoms with Crippen molar-refractivity contribution < 1.29 is 4.79 Å². The summed E-state index contributed by atoms with van der Waals surface area (Å²) >= 11 is 3.96. The minimum Gasteiger partial charge on any atom is -0.354 e. The number of nitrogens with zero attached hydrogens (tertiary/aromatic N) is 1. The van der Waals surface area contributed by atoms with Crippen LogP contribution in [0.4, 0.5) is 0 Å². The van der Waals surface area contributed by atoms with Crippen LogP contribution >= 0.6 is 12.6 Å². The fourth-order valence-electron chi connectivity index (χ4n) is 0.538. The van der Waals surface area contributed by atoms with E-state index in [1.807, 2.05) is 19.0 Å². The molecule has 0 aromatic carbocycles. The summed E-state index contributed by atoms with van der Waals surface area (Å²) in [5, 5.41) is 2.71. The molecule has 0 aliphatic rings. The van der Waals surface area contributed by atoms with Gasteiger partial charge in [0.15, 0.2) is 0 Å². The quantitative estimate of drug-likeness (QED) is 0.551. The molecule has 0 saturated carbocycles. The van der Waals surface area contributed by atoms with E-state index in [1.54, 1.807) is 0 Å². The lowest BCUT2D eigenvalue weighted by Crippen LogP contribution is -2.34. The minimum atomic E-state index is 0.0547. The van der Waals surface area contributed by atoms with Gasteiger partial charge in [0.2, 0.25) is 5.91 Å². The van der Waals surface area contributed by atoms with Gasteiger partial charge in [-0.05, 0) is 14.1 Å². The predicted octanol–water partition coefficient (Wildman–Crippen LogP) is -0.406. The van der Waals surface area contributed by atoms with Gasteiger partial charge in [-0.25, -0.2) is 0 Å². The topological polar surface area (TPSA) is 32.3 Å². The van der Waals surface area contributed by atoms with Crippen molar-refractivity contribution in [2.24, 2.45) is 0 Å². The molecule has 0 aliphatic carbocycles. The Balaban J connectivity index is 3.26. The van der Waals surface area contributed by atoms with Crippen molar-refractivity contribution in [3.05, 3.63) is 0 Å². The second-order valence-electron chi connectivity index (χ2n) is 2.31. The fourth-order valence-corrected chi connectivity index (χ4v) is 0.650. The molecule has 60 valence electrons. The van der Waals surface area contributed by atoms with E-state index in [4.69, 9.17) is 0 Å². The van der Waals surface area contributed by atoms with Crippen LogP contribution in [0, 0.1) is 0 Å². The molecule has 1 N–H and O–H groups in total. The molecule has 4 heteroatoms. The lowest BCUT2D eigenvalue weighted by atomic mass is 10.5. The lowest BCUT2D eigenvalue weighted by Gasteiger charge is -2.08. The zero-order valence-electron chi connectivity index (χ0n) is 6.42. The van der Waals surface area contributed by atoms with Gasteiger partial charge in [-0.3, -0.25) is 4.79 Å². The van der Waals surface area contributed by atoms with Crippen LogP contribution in [0.1, 0.15) is 0 Å². The number of nitrogens with one attached hydrogen (secondary N) is 1. The maximum Gasteiger partial charge on any atom is 0.234 e. The zero-order chi connectivity index (χ0) is 7.98. The van der Waals surface area contributed by atoms with Gasteiger partial charge in [-0.2, -0.15) is 12.6 Å².